The van der Waals surface area contributed by atoms with Gasteiger partial charge in [0.1, 0.15) is 11.5 Å². The summed E-state index contributed by atoms with van der Waals surface area (Å²) in [7, 11) is 3.32. The fourth-order valence-corrected chi connectivity index (χ4v) is 8.89. The maximum atomic E-state index is 11.2. The molecule has 6 saturated heterocycles. The van der Waals surface area contributed by atoms with Gasteiger partial charge in [0.25, 0.3) is 0 Å². The first-order valence-corrected chi connectivity index (χ1v) is 17.4. The van der Waals surface area contributed by atoms with Crippen LogP contribution in [-0.4, -0.2) is 82.5 Å². The molecule has 4 bridgehead atoms. The molecule has 48 heavy (non-hydrogen) atoms. The SMILES string of the molecule is C=C[C@H]1C[N@]2CC[C@H]1C[C@@H]2[C@@H](O)c1ccnc2ccc(OC)cc12.C=C[C@H]1C[N@]2CC[C@H]1C[C@@H]2[C@@H](O)c1ccnc2ccc(OC)cc12. The average Bonchev–Trinajstić information content (AvgIpc) is 3.16. The zero-order valence-corrected chi connectivity index (χ0v) is 28.1. The minimum Gasteiger partial charge on any atom is -0.497 e. The van der Waals surface area contributed by atoms with E-state index < -0.39 is 12.2 Å². The molecule has 0 unspecified atom stereocenters. The van der Waals surface area contributed by atoms with E-state index in [2.05, 4.69) is 45.1 Å². The van der Waals surface area contributed by atoms with E-state index in [-0.39, 0.29) is 12.1 Å². The van der Waals surface area contributed by atoms with Gasteiger partial charge in [0.2, 0.25) is 0 Å². The molecule has 2 aromatic heterocycles. The fourth-order valence-electron chi connectivity index (χ4n) is 8.89. The van der Waals surface area contributed by atoms with Crippen LogP contribution >= 0.6 is 0 Å². The Morgan fingerprint density at radius 3 is 1.50 bits per heavy atom. The molecule has 6 aliphatic rings. The lowest BCUT2D eigenvalue weighted by molar-refractivity contribution is -0.0445. The normalized spacial score (nSPS) is 30.2. The van der Waals surface area contributed by atoms with Crippen molar-refractivity contribution < 1.29 is 19.7 Å². The second-order valence-electron chi connectivity index (χ2n) is 13.9. The van der Waals surface area contributed by atoms with Crippen LogP contribution < -0.4 is 9.47 Å². The minimum absolute atomic E-state index is 0.178. The first kappa shape index (κ1) is 32.7. The molecule has 6 fully saturated rings. The van der Waals surface area contributed by atoms with E-state index >= 15 is 0 Å². The molecular formula is C40H48N4O4. The highest BCUT2D eigenvalue weighted by atomic mass is 16.5. The number of piperidine rings is 6. The second kappa shape index (κ2) is 14.0. The Kier molecular flexibility index (Phi) is 9.52. The van der Waals surface area contributed by atoms with Gasteiger partial charge in [0.15, 0.2) is 0 Å². The summed E-state index contributed by atoms with van der Waals surface area (Å²) in [5.74, 6) is 4.01. The van der Waals surface area contributed by atoms with Gasteiger partial charge in [-0.1, -0.05) is 12.2 Å². The predicted octanol–water partition coefficient (Wildman–Crippen LogP) is 6.35. The van der Waals surface area contributed by atoms with E-state index in [0.717, 1.165) is 83.5 Å². The van der Waals surface area contributed by atoms with Crippen LogP contribution in [0.15, 0.2) is 86.2 Å². The number of fused-ring (bicyclic) bond motifs is 8. The number of hydrogen-bond acceptors (Lipinski definition) is 8. The van der Waals surface area contributed by atoms with E-state index in [9.17, 15) is 10.2 Å². The number of pyridine rings is 2. The lowest BCUT2D eigenvalue weighted by Gasteiger charge is -2.50. The van der Waals surface area contributed by atoms with E-state index in [1.165, 1.54) is 12.8 Å². The Bertz CT molecular complexity index is 1650. The van der Waals surface area contributed by atoms with Crippen molar-refractivity contribution in [3.8, 4) is 11.5 Å². The van der Waals surface area contributed by atoms with Crippen molar-refractivity contribution in [2.75, 3.05) is 40.4 Å². The number of benzene rings is 2. The van der Waals surface area contributed by atoms with Crippen LogP contribution in [0.2, 0.25) is 0 Å². The smallest absolute Gasteiger partial charge is 0.119 e. The average molecular weight is 649 g/mol. The van der Waals surface area contributed by atoms with Gasteiger partial charge in [-0.15, -0.1) is 13.2 Å². The molecule has 2 N–H and O–H groups in total. The van der Waals surface area contributed by atoms with Crippen molar-refractivity contribution >= 4 is 21.8 Å². The summed E-state index contributed by atoms with van der Waals surface area (Å²) in [6.07, 6.45) is 11.2. The topological polar surface area (TPSA) is 91.2 Å². The quantitative estimate of drug-likeness (QED) is 0.214. The van der Waals surface area contributed by atoms with E-state index in [0.29, 0.717) is 23.7 Å². The van der Waals surface area contributed by atoms with Gasteiger partial charge in [-0.3, -0.25) is 19.8 Å². The second-order valence-corrected chi connectivity index (χ2v) is 13.9. The van der Waals surface area contributed by atoms with Gasteiger partial charge in [-0.25, -0.2) is 0 Å². The molecule has 8 nitrogen and oxygen atoms in total. The van der Waals surface area contributed by atoms with Crippen LogP contribution in [0.25, 0.3) is 21.8 Å². The number of aliphatic hydroxyl groups excluding tert-OH is 2. The third-order valence-corrected chi connectivity index (χ3v) is 11.6. The minimum atomic E-state index is -0.504. The Labute approximate surface area is 283 Å². The lowest BCUT2D eigenvalue weighted by atomic mass is 9.73. The third-order valence-electron chi connectivity index (χ3n) is 11.6. The molecule has 252 valence electrons. The molecular weight excluding hydrogens is 600 g/mol. The maximum Gasteiger partial charge on any atom is 0.119 e. The highest BCUT2D eigenvalue weighted by Gasteiger charge is 2.43. The molecule has 0 aliphatic carbocycles. The van der Waals surface area contributed by atoms with Gasteiger partial charge in [-0.2, -0.15) is 0 Å². The number of rotatable bonds is 8. The number of methoxy groups -OCH3 is 2. The zero-order valence-electron chi connectivity index (χ0n) is 28.1. The van der Waals surface area contributed by atoms with Gasteiger partial charge in [0, 0.05) is 48.3 Å². The number of nitrogens with zero attached hydrogens (tertiary/aromatic N) is 4. The predicted molar refractivity (Wildman–Crippen MR) is 190 cm³/mol. The number of ether oxygens (including phenoxy) is 2. The summed E-state index contributed by atoms with van der Waals surface area (Å²) in [5, 5.41) is 24.3. The van der Waals surface area contributed by atoms with E-state index in [1.807, 2.05) is 48.5 Å². The summed E-state index contributed by atoms with van der Waals surface area (Å²) in [4.78, 5) is 13.7. The number of aromatic nitrogens is 2. The summed E-state index contributed by atoms with van der Waals surface area (Å²) < 4.78 is 10.7. The highest BCUT2D eigenvalue weighted by Crippen LogP contribution is 2.43. The van der Waals surface area contributed by atoms with Crippen molar-refractivity contribution in [3.63, 3.8) is 0 Å². The van der Waals surface area contributed by atoms with Crippen LogP contribution in [0, 0.1) is 23.7 Å². The molecule has 0 spiro atoms. The van der Waals surface area contributed by atoms with E-state index in [4.69, 9.17) is 9.47 Å². The largest absolute Gasteiger partial charge is 0.497 e. The highest BCUT2D eigenvalue weighted by molar-refractivity contribution is 5.84. The van der Waals surface area contributed by atoms with Crippen molar-refractivity contribution in [1.29, 1.82) is 0 Å². The van der Waals surface area contributed by atoms with Crippen LogP contribution in [0.3, 0.4) is 0 Å². The third kappa shape index (κ3) is 6.11. The Morgan fingerprint density at radius 2 is 1.15 bits per heavy atom. The summed E-state index contributed by atoms with van der Waals surface area (Å²) in [5.41, 5.74) is 3.69. The molecule has 6 aliphatic heterocycles. The molecule has 0 saturated carbocycles. The van der Waals surface area contributed by atoms with Crippen LogP contribution in [0.1, 0.15) is 49.0 Å². The van der Waals surface area contributed by atoms with Crippen molar-refractivity contribution in [1.82, 2.24) is 19.8 Å². The van der Waals surface area contributed by atoms with Gasteiger partial charge >= 0.3 is 0 Å². The molecule has 10 rings (SSSR count). The summed E-state index contributed by atoms with van der Waals surface area (Å²) in [6.45, 7) is 12.1. The number of hydrogen-bond donors (Lipinski definition) is 2. The van der Waals surface area contributed by atoms with E-state index in [1.54, 1.807) is 26.6 Å². The molecule has 8 heterocycles. The lowest BCUT2D eigenvalue weighted by Crippen LogP contribution is -2.54. The molecule has 0 radical (unpaired) electrons. The van der Waals surface area contributed by atoms with Crippen LogP contribution in [-0.2, 0) is 0 Å². The van der Waals surface area contributed by atoms with Crippen molar-refractivity contribution in [2.45, 2.75) is 50.0 Å². The molecule has 0 amide bonds. The first-order valence-electron chi connectivity index (χ1n) is 17.4. The van der Waals surface area contributed by atoms with Crippen LogP contribution in [0.4, 0.5) is 0 Å². The Hall–Kier alpha value is -3.82. The summed E-state index contributed by atoms with van der Waals surface area (Å²) in [6, 6.07) is 15.9. The van der Waals surface area contributed by atoms with Crippen molar-refractivity contribution in [3.05, 3.63) is 97.4 Å². The first-order chi connectivity index (χ1) is 23.4. The van der Waals surface area contributed by atoms with Crippen LogP contribution in [0.5, 0.6) is 11.5 Å². The monoisotopic (exact) mass is 648 g/mol. The Balaban J connectivity index is 0.000000152. The zero-order chi connectivity index (χ0) is 33.4. The number of aliphatic hydroxyl groups is 2. The summed E-state index contributed by atoms with van der Waals surface area (Å²) >= 11 is 0. The Morgan fingerprint density at radius 1 is 0.708 bits per heavy atom. The molecule has 2 aromatic carbocycles. The molecule has 10 atom stereocenters. The molecule has 4 aromatic rings. The van der Waals surface area contributed by atoms with Gasteiger partial charge in [-0.05, 0) is 122 Å². The van der Waals surface area contributed by atoms with Gasteiger partial charge < -0.3 is 19.7 Å². The molecule has 8 heteroatoms. The standard InChI is InChI=1S/2C20H24N2O2/c2*1-3-13-12-22-9-7-14(13)10-19(22)20(23)16-6-8-21-18-5-4-15(24-2)11-17(16)18/h2*3-6,8,11,13-14,19-20,23H,1,7,9-10,12H2,2H3/t2*13-,14-,19+,20-/m00/s1. The fraction of sp³-hybridized carbons (Fsp3) is 0.450. The maximum absolute atomic E-state index is 11.2. The van der Waals surface area contributed by atoms with Crippen molar-refractivity contribution in [2.24, 2.45) is 23.7 Å². The van der Waals surface area contributed by atoms with Gasteiger partial charge in [0.05, 0.1) is 37.5 Å².